The molecule has 0 aliphatic carbocycles. The lowest BCUT2D eigenvalue weighted by Gasteiger charge is -2.23. The second-order valence-electron chi connectivity index (χ2n) is 5.24. The highest BCUT2D eigenvalue weighted by Crippen LogP contribution is 1.99. The van der Waals surface area contributed by atoms with Crippen LogP contribution in [0, 0.1) is 0 Å². The topological polar surface area (TPSA) is 52.8 Å². The maximum absolute atomic E-state index is 5.32. The number of rotatable bonds is 9. The Kier molecular flexibility index (Phi) is 8.59. The summed E-state index contributed by atoms with van der Waals surface area (Å²) in [5.41, 5.74) is 0. The Hall–Kier alpha value is -1.49. The molecule has 0 unspecified atom stereocenters. The van der Waals surface area contributed by atoms with Gasteiger partial charge in [-0.3, -0.25) is 9.89 Å². The molecule has 1 aromatic heterocycles. The van der Waals surface area contributed by atoms with Crippen molar-refractivity contribution < 1.29 is 4.42 Å². The molecule has 5 heteroatoms. The average Bonchev–Trinajstić information content (AvgIpc) is 2.96. The van der Waals surface area contributed by atoms with Crippen molar-refractivity contribution in [2.75, 3.05) is 32.7 Å². The summed E-state index contributed by atoms with van der Waals surface area (Å²) < 4.78 is 5.32. The molecule has 120 valence electrons. The molecule has 0 atom stereocenters. The number of likely N-dealkylation sites (N-methyl/N-ethyl adjacent to an activating group) is 1. The van der Waals surface area contributed by atoms with Gasteiger partial charge in [0, 0.05) is 32.1 Å². The Morgan fingerprint density at radius 3 is 2.71 bits per heavy atom. The summed E-state index contributed by atoms with van der Waals surface area (Å²) in [7, 11) is 0. The summed E-state index contributed by atoms with van der Waals surface area (Å²) in [5, 5.41) is 6.61. The van der Waals surface area contributed by atoms with E-state index < -0.39 is 0 Å². The van der Waals surface area contributed by atoms with Gasteiger partial charge in [0.25, 0.3) is 0 Å². The van der Waals surface area contributed by atoms with Gasteiger partial charge >= 0.3 is 0 Å². The van der Waals surface area contributed by atoms with Crippen LogP contribution in [0.15, 0.2) is 27.8 Å². The highest BCUT2D eigenvalue weighted by Gasteiger charge is 2.06. The molecule has 0 spiro atoms. The Bertz CT molecular complexity index is 387. The quantitative estimate of drug-likeness (QED) is 0.541. The normalized spacial score (nSPS) is 12.2. The van der Waals surface area contributed by atoms with Crippen LogP contribution in [0.4, 0.5) is 0 Å². The lowest BCUT2D eigenvalue weighted by atomic mass is 10.3. The number of furan rings is 1. The molecule has 0 amide bonds. The summed E-state index contributed by atoms with van der Waals surface area (Å²) >= 11 is 0. The van der Waals surface area contributed by atoms with E-state index >= 15 is 0 Å². The lowest BCUT2D eigenvalue weighted by molar-refractivity contribution is 0.240. The van der Waals surface area contributed by atoms with Crippen molar-refractivity contribution >= 4 is 5.96 Å². The van der Waals surface area contributed by atoms with Crippen LogP contribution in [-0.4, -0.2) is 49.6 Å². The first-order valence-electron chi connectivity index (χ1n) is 7.96. The molecule has 0 aliphatic heterocycles. The monoisotopic (exact) mass is 294 g/mol. The smallest absolute Gasteiger partial charge is 0.191 e. The number of nitrogens with zero attached hydrogens (tertiary/aromatic N) is 2. The molecule has 0 aliphatic rings. The maximum Gasteiger partial charge on any atom is 0.191 e. The Balaban J connectivity index is 2.34. The fourth-order valence-electron chi connectivity index (χ4n) is 2.17. The van der Waals surface area contributed by atoms with E-state index in [2.05, 4.69) is 48.2 Å². The SMILES string of the molecule is CCNC(=NCCN(CC)C(C)C)NCCc1ccco1. The van der Waals surface area contributed by atoms with Gasteiger partial charge in [-0.1, -0.05) is 6.92 Å². The van der Waals surface area contributed by atoms with Gasteiger partial charge in [-0.25, -0.2) is 0 Å². The van der Waals surface area contributed by atoms with Crippen LogP contribution < -0.4 is 10.6 Å². The molecule has 1 heterocycles. The second kappa shape index (κ2) is 10.3. The van der Waals surface area contributed by atoms with Crippen LogP contribution in [-0.2, 0) is 6.42 Å². The first-order chi connectivity index (χ1) is 10.2. The molecule has 1 aromatic rings. The van der Waals surface area contributed by atoms with Crippen LogP contribution in [0.25, 0.3) is 0 Å². The summed E-state index contributed by atoms with van der Waals surface area (Å²) in [6.45, 7) is 13.3. The predicted octanol–water partition coefficient (Wildman–Crippen LogP) is 2.11. The molecule has 0 fully saturated rings. The summed E-state index contributed by atoms with van der Waals surface area (Å²) in [5.74, 6) is 1.87. The number of hydrogen-bond donors (Lipinski definition) is 2. The van der Waals surface area contributed by atoms with E-state index in [1.54, 1.807) is 6.26 Å². The fraction of sp³-hybridized carbons (Fsp3) is 0.688. The molecular formula is C16H30N4O. The van der Waals surface area contributed by atoms with Gasteiger partial charge in [-0.15, -0.1) is 0 Å². The van der Waals surface area contributed by atoms with Gasteiger partial charge in [0.05, 0.1) is 12.8 Å². The fourth-order valence-corrected chi connectivity index (χ4v) is 2.17. The number of nitrogens with one attached hydrogen (secondary N) is 2. The third-order valence-electron chi connectivity index (χ3n) is 3.38. The largest absolute Gasteiger partial charge is 0.469 e. The van der Waals surface area contributed by atoms with Crippen molar-refractivity contribution in [3.8, 4) is 0 Å². The minimum atomic E-state index is 0.569. The van der Waals surface area contributed by atoms with E-state index in [1.165, 1.54) is 0 Å². The van der Waals surface area contributed by atoms with E-state index in [0.29, 0.717) is 6.04 Å². The van der Waals surface area contributed by atoms with Gasteiger partial charge in [0.15, 0.2) is 5.96 Å². The zero-order chi connectivity index (χ0) is 15.5. The minimum absolute atomic E-state index is 0.569. The van der Waals surface area contributed by atoms with Crippen LogP contribution in [0.5, 0.6) is 0 Å². The van der Waals surface area contributed by atoms with Gasteiger partial charge in [-0.05, 0) is 39.4 Å². The Morgan fingerprint density at radius 2 is 2.14 bits per heavy atom. The van der Waals surface area contributed by atoms with Crippen molar-refractivity contribution in [3.05, 3.63) is 24.2 Å². The molecule has 2 N–H and O–H groups in total. The van der Waals surface area contributed by atoms with Crippen molar-refractivity contribution in [1.82, 2.24) is 15.5 Å². The maximum atomic E-state index is 5.32. The van der Waals surface area contributed by atoms with Crippen molar-refractivity contribution in [3.63, 3.8) is 0 Å². The van der Waals surface area contributed by atoms with Gasteiger partial charge in [0.1, 0.15) is 5.76 Å². The van der Waals surface area contributed by atoms with E-state index in [9.17, 15) is 0 Å². The molecule has 0 saturated heterocycles. The van der Waals surface area contributed by atoms with Crippen molar-refractivity contribution in [2.24, 2.45) is 4.99 Å². The van der Waals surface area contributed by atoms with Crippen LogP contribution in [0.1, 0.15) is 33.5 Å². The summed E-state index contributed by atoms with van der Waals surface area (Å²) in [6.07, 6.45) is 2.57. The van der Waals surface area contributed by atoms with Gasteiger partial charge in [0.2, 0.25) is 0 Å². The van der Waals surface area contributed by atoms with Crippen molar-refractivity contribution in [2.45, 2.75) is 40.2 Å². The Labute approximate surface area is 128 Å². The number of guanidine groups is 1. The molecule has 0 bridgehead atoms. The minimum Gasteiger partial charge on any atom is -0.469 e. The number of hydrogen-bond acceptors (Lipinski definition) is 3. The second-order valence-corrected chi connectivity index (χ2v) is 5.24. The lowest BCUT2D eigenvalue weighted by Crippen LogP contribution is -2.39. The van der Waals surface area contributed by atoms with E-state index in [0.717, 1.165) is 50.9 Å². The zero-order valence-corrected chi connectivity index (χ0v) is 13.9. The van der Waals surface area contributed by atoms with Crippen LogP contribution >= 0.6 is 0 Å². The highest BCUT2D eigenvalue weighted by molar-refractivity contribution is 5.79. The molecule has 0 radical (unpaired) electrons. The highest BCUT2D eigenvalue weighted by atomic mass is 16.3. The van der Waals surface area contributed by atoms with E-state index in [4.69, 9.17) is 4.42 Å². The van der Waals surface area contributed by atoms with Gasteiger partial charge in [-0.2, -0.15) is 0 Å². The summed E-state index contributed by atoms with van der Waals surface area (Å²) in [6, 6.07) is 4.48. The van der Waals surface area contributed by atoms with Crippen LogP contribution in [0.3, 0.4) is 0 Å². The molecule has 0 aromatic carbocycles. The first-order valence-corrected chi connectivity index (χ1v) is 7.96. The summed E-state index contributed by atoms with van der Waals surface area (Å²) in [4.78, 5) is 7.04. The van der Waals surface area contributed by atoms with Crippen molar-refractivity contribution in [1.29, 1.82) is 0 Å². The average molecular weight is 294 g/mol. The third kappa shape index (κ3) is 7.18. The third-order valence-corrected chi connectivity index (χ3v) is 3.38. The molecule has 1 rings (SSSR count). The zero-order valence-electron chi connectivity index (χ0n) is 13.9. The first kappa shape index (κ1) is 17.6. The number of aliphatic imine (C=N–C) groups is 1. The molecule has 0 saturated carbocycles. The van der Waals surface area contributed by atoms with E-state index in [-0.39, 0.29) is 0 Å². The molecule has 21 heavy (non-hydrogen) atoms. The van der Waals surface area contributed by atoms with Gasteiger partial charge < -0.3 is 15.1 Å². The molecular weight excluding hydrogens is 264 g/mol. The Morgan fingerprint density at radius 1 is 1.33 bits per heavy atom. The van der Waals surface area contributed by atoms with E-state index in [1.807, 2.05) is 12.1 Å². The standard InChI is InChI=1S/C16H30N4O/c1-5-17-16(18-10-9-15-8-7-13-21-15)19-11-12-20(6-2)14(3)4/h7-8,13-14H,5-6,9-12H2,1-4H3,(H2,17,18,19). The predicted molar refractivity (Wildman–Crippen MR) is 88.8 cm³/mol. The van der Waals surface area contributed by atoms with Crippen LogP contribution in [0.2, 0.25) is 0 Å². The molecule has 5 nitrogen and oxygen atoms in total.